The molecule has 1 fully saturated rings. The molecule has 9 heteroatoms. The summed E-state index contributed by atoms with van der Waals surface area (Å²) < 4.78 is 10.7. The monoisotopic (exact) mass is 409 g/mol. The van der Waals surface area contributed by atoms with Gasteiger partial charge in [0.25, 0.3) is 0 Å². The van der Waals surface area contributed by atoms with Crippen LogP contribution in [-0.4, -0.2) is 57.2 Å². The van der Waals surface area contributed by atoms with Gasteiger partial charge in [0.2, 0.25) is 17.6 Å². The molecule has 1 amide bonds. The van der Waals surface area contributed by atoms with Crippen LogP contribution in [0.1, 0.15) is 11.6 Å². The van der Waals surface area contributed by atoms with Crippen LogP contribution in [-0.2, 0) is 17.8 Å². The van der Waals surface area contributed by atoms with Gasteiger partial charge in [-0.15, -0.1) is 11.3 Å². The number of rotatable bonds is 5. The van der Waals surface area contributed by atoms with Gasteiger partial charge in [-0.05, 0) is 23.6 Å². The van der Waals surface area contributed by atoms with Crippen LogP contribution in [0.25, 0.3) is 21.7 Å². The maximum atomic E-state index is 12.7. The van der Waals surface area contributed by atoms with E-state index >= 15 is 0 Å². The van der Waals surface area contributed by atoms with Crippen molar-refractivity contribution >= 4 is 28.2 Å². The summed E-state index contributed by atoms with van der Waals surface area (Å²) in [6.07, 6.45) is 0.255. The Kier molecular flexibility index (Phi) is 4.82. The lowest BCUT2D eigenvalue weighted by Crippen LogP contribution is -2.48. The Morgan fingerprint density at radius 1 is 1.03 bits per heavy atom. The number of para-hydroxylation sites is 1. The molecule has 0 N–H and O–H groups in total. The fourth-order valence-electron chi connectivity index (χ4n) is 3.49. The van der Waals surface area contributed by atoms with Crippen molar-refractivity contribution in [3.63, 3.8) is 0 Å². The van der Waals surface area contributed by atoms with Gasteiger partial charge in [0.1, 0.15) is 5.69 Å². The van der Waals surface area contributed by atoms with Crippen molar-refractivity contribution in [2.45, 2.75) is 13.0 Å². The Morgan fingerprint density at radius 2 is 1.90 bits per heavy atom. The molecule has 0 bridgehead atoms. The van der Waals surface area contributed by atoms with E-state index in [0.29, 0.717) is 42.6 Å². The van der Waals surface area contributed by atoms with Gasteiger partial charge in [0.15, 0.2) is 5.58 Å². The molecule has 1 aliphatic heterocycles. The number of amides is 1. The number of piperazine rings is 1. The normalized spacial score (nSPS) is 15.2. The van der Waals surface area contributed by atoms with E-state index in [4.69, 9.17) is 9.05 Å². The lowest BCUT2D eigenvalue weighted by molar-refractivity contribution is -0.132. The predicted molar refractivity (Wildman–Crippen MR) is 107 cm³/mol. The van der Waals surface area contributed by atoms with Gasteiger partial charge in [-0.1, -0.05) is 28.5 Å². The summed E-state index contributed by atoms with van der Waals surface area (Å²) in [5.41, 5.74) is 1.40. The van der Waals surface area contributed by atoms with Gasteiger partial charge >= 0.3 is 0 Å². The first-order chi connectivity index (χ1) is 14.3. The molecule has 4 heterocycles. The average Bonchev–Trinajstić information content (AvgIpc) is 3.50. The molecule has 0 unspecified atom stereocenters. The largest absolute Gasteiger partial charge is 0.356 e. The number of benzene rings is 1. The maximum Gasteiger partial charge on any atom is 0.241 e. The number of nitrogens with zero attached hydrogens (tertiary/aromatic N) is 5. The van der Waals surface area contributed by atoms with Crippen LogP contribution < -0.4 is 0 Å². The molecule has 0 atom stereocenters. The first-order valence-electron chi connectivity index (χ1n) is 9.46. The second-order valence-corrected chi connectivity index (χ2v) is 7.90. The Hall–Kier alpha value is -3.04. The number of aromatic nitrogens is 3. The third kappa shape index (κ3) is 3.79. The van der Waals surface area contributed by atoms with Gasteiger partial charge in [0.05, 0.1) is 17.8 Å². The summed E-state index contributed by atoms with van der Waals surface area (Å²) in [4.78, 5) is 22.3. The molecule has 148 valence electrons. The quantitative estimate of drug-likeness (QED) is 0.501. The Bertz CT molecular complexity index is 1110. The van der Waals surface area contributed by atoms with Crippen molar-refractivity contribution in [1.29, 1.82) is 0 Å². The zero-order valence-corrected chi connectivity index (χ0v) is 16.5. The topological polar surface area (TPSA) is 88.5 Å². The van der Waals surface area contributed by atoms with Crippen molar-refractivity contribution < 1.29 is 13.8 Å². The first-order valence-corrected chi connectivity index (χ1v) is 10.3. The van der Waals surface area contributed by atoms with Crippen LogP contribution in [0.5, 0.6) is 0 Å². The highest BCUT2D eigenvalue weighted by Gasteiger charge is 2.24. The minimum atomic E-state index is 0.0708. The van der Waals surface area contributed by atoms with Crippen LogP contribution in [0.3, 0.4) is 0 Å². The van der Waals surface area contributed by atoms with E-state index < -0.39 is 0 Å². The number of hydrogen-bond donors (Lipinski definition) is 0. The summed E-state index contributed by atoms with van der Waals surface area (Å²) >= 11 is 1.59. The van der Waals surface area contributed by atoms with Gasteiger partial charge in [-0.2, -0.15) is 4.98 Å². The van der Waals surface area contributed by atoms with E-state index in [2.05, 4.69) is 20.2 Å². The van der Waals surface area contributed by atoms with E-state index in [1.54, 1.807) is 11.3 Å². The van der Waals surface area contributed by atoms with Crippen molar-refractivity contribution in [1.82, 2.24) is 25.1 Å². The first kappa shape index (κ1) is 18.0. The molecule has 29 heavy (non-hydrogen) atoms. The fourth-order valence-corrected chi connectivity index (χ4v) is 4.14. The third-order valence-corrected chi connectivity index (χ3v) is 5.93. The molecule has 3 aromatic heterocycles. The van der Waals surface area contributed by atoms with Crippen LogP contribution in [0.15, 0.2) is 50.8 Å². The molecule has 0 spiro atoms. The molecule has 1 saturated heterocycles. The van der Waals surface area contributed by atoms with E-state index in [9.17, 15) is 4.79 Å². The molecule has 0 aliphatic carbocycles. The fraction of sp³-hybridized carbons (Fsp3) is 0.300. The molecule has 4 aromatic rings. The van der Waals surface area contributed by atoms with E-state index in [0.717, 1.165) is 23.4 Å². The number of carbonyl (C=O) groups excluding carboxylic acids is 1. The van der Waals surface area contributed by atoms with Gasteiger partial charge in [-0.25, -0.2) is 0 Å². The summed E-state index contributed by atoms with van der Waals surface area (Å²) in [5.74, 6) is 1.30. The lowest BCUT2D eigenvalue weighted by Gasteiger charge is -2.33. The van der Waals surface area contributed by atoms with Crippen LogP contribution in [0, 0.1) is 0 Å². The molecule has 0 radical (unpaired) electrons. The second kappa shape index (κ2) is 7.76. The number of hydrogen-bond acceptors (Lipinski definition) is 8. The highest BCUT2D eigenvalue weighted by atomic mass is 32.1. The summed E-state index contributed by atoms with van der Waals surface area (Å²) in [6, 6.07) is 11.5. The molecular formula is C20H19N5O3S. The summed E-state index contributed by atoms with van der Waals surface area (Å²) in [6.45, 7) is 3.46. The minimum Gasteiger partial charge on any atom is -0.356 e. The smallest absolute Gasteiger partial charge is 0.241 e. The Labute approximate surface area is 170 Å². The van der Waals surface area contributed by atoms with E-state index in [1.807, 2.05) is 46.7 Å². The molecule has 1 aliphatic rings. The van der Waals surface area contributed by atoms with Crippen LogP contribution in [0.4, 0.5) is 0 Å². The highest BCUT2D eigenvalue weighted by molar-refractivity contribution is 7.13. The molecule has 0 saturated carbocycles. The van der Waals surface area contributed by atoms with Crippen LogP contribution >= 0.6 is 11.3 Å². The molecule has 1 aromatic carbocycles. The number of thiophene rings is 1. The Balaban J connectivity index is 1.16. The summed E-state index contributed by atoms with van der Waals surface area (Å²) in [5, 5.41) is 11.0. The van der Waals surface area contributed by atoms with Crippen molar-refractivity contribution in [3.8, 4) is 10.7 Å². The van der Waals surface area contributed by atoms with E-state index in [-0.39, 0.29) is 12.3 Å². The number of fused-ring (bicyclic) bond motifs is 1. The van der Waals surface area contributed by atoms with Gasteiger partial charge < -0.3 is 13.9 Å². The molecule has 5 rings (SSSR count). The molecular weight excluding hydrogens is 390 g/mol. The van der Waals surface area contributed by atoms with Crippen molar-refractivity contribution in [2.75, 3.05) is 26.2 Å². The highest BCUT2D eigenvalue weighted by Crippen LogP contribution is 2.22. The standard InChI is InChI=1S/C20H19N5O3S/c26-19(12-15-14-4-1-2-5-16(14)27-22-15)25-9-7-24(8-10-25)13-18-21-20(23-28-18)17-6-3-11-29-17/h1-6,11H,7-10,12-13H2. The maximum absolute atomic E-state index is 12.7. The third-order valence-electron chi connectivity index (χ3n) is 5.06. The summed E-state index contributed by atoms with van der Waals surface area (Å²) in [7, 11) is 0. The molecule has 8 nitrogen and oxygen atoms in total. The zero-order valence-electron chi connectivity index (χ0n) is 15.7. The average molecular weight is 409 g/mol. The Morgan fingerprint density at radius 3 is 2.72 bits per heavy atom. The predicted octanol–water partition coefficient (Wildman–Crippen LogP) is 2.83. The number of carbonyl (C=O) groups is 1. The second-order valence-electron chi connectivity index (χ2n) is 6.95. The van der Waals surface area contributed by atoms with E-state index in [1.165, 1.54) is 0 Å². The SMILES string of the molecule is O=C(Cc1noc2ccccc12)N1CCN(Cc2nc(-c3cccs3)no2)CC1. The van der Waals surface area contributed by atoms with Gasteiger partial charge in [0, 0.05) is 31.6 Å². The van der Waals surface area contributed by atoms with Crippen LogP contribution in [0.2, 0.25) is 0 Å². The van der Waals surface area contributed by atoms with Crippen molar-refractivity contribution in [3.05, 3.63) is 53.4 Å². The zero-order chi connectivity index (χ0) is 19.6. The van der Waals surface area contributed by atoms with Gasteiger partial charge in [-0.3, -0.25) is 9.69 Å². The lowest BCUT2D eigenvalue weighted by atomic mass is 10.1. The minimum absolute atomic E-state index is 0.0708. The van der Waals surface area contributed by atoms with Crippen molar-refractivity contribution in [2.24, 2.45) is 0 Å².